The number of unbranched alkanes of at least 4 members (excludes halogenated alkanes) is 1. The third-order valence-corrected chi connectivity index (χ3v) is 5.78. The molecule has 33 heavy (non-hydrogen) atoms. The van der Waals surface area contributed by atoms with Gasteiger partial charge < -0.3 is 9.67 Å². The van der Waals surface area contributed by atoms with Crippen LogP contribution >= 0.6 is 0 Å². The fraction of sp³-hybridized carbons (Fsp3) is 0.333. The Hall–Kier alpha value is -3.25. The molecule has 0 aliphatic rings. The lowest BCUT2D eigenvalue weighted by atomic mass is 10.0. The molecule has 5 nitrogen and oxygen atoms in total. The normalized spacial score (nSPS) is 12.9. The molecule has 1 unspecified atom stereocenters. The fourth-order valence-electron chi connectivity index (χ4n) is 4.07. The van der Waals surface area contributed by atoms with E-state index in [-0.39, 0.29) is 11.6 Å². The quantitative estimate of drug-likeness (QED) is 0.430. The first-order chi connectivity index (χ1) is 15.9. The van der Waals surface area contributed by atoms with Crippen LogP contribution in [-0.2, 0) is 11.2 Å². The molecule has 1 heterocycles. The van der Waals surface area contributed by atoms with Gasteiger partial charge in [-0.3, -0.25) is 14.9 Å². The number of nitrogens with one attached hydrogen (secondary N) is 1. The molecule has 0 spiro atoms. The first-order valence-electron chi connectivity index (χ1n) is 11.4. The molecule has 0 bridgehead atoms. The molecule has 2 aromatic carbocycles. The monoisotopic (exact) mass is 450 g/mol. The van der Waals surface area contributed by atoms with Crippen molar-refractivity contribution in [2.75, 3.05) is 6.54 Å². The van der Waals surface area contributed by atoms with Crippen LogP contribution in [0, 0.1) is 12.7 Å². The largest absolute Gasteiger partial charge is 0.480 e. The molecule has 174 valence electrons. The van der Waals surface area contributed by atoms with Gasteiger partial charge in [0.25, 0.3) is 5.56 Å². The summed E-state index contributed by atoms with van der Waals surface area (Å²) in [6.07, 6.45) is 5.02. The summed E-state index contributed by atoms with van der Waals surface area (Å²) in [5.41, 5.74) is 3.18. The van der Waals surface area contributed by atoms with Gasteiger partial charge in [0.05, 0.1) is 0 Å². The van der Waals surface area contributed by atoms with Crippen molar-refractivity contribution >= 4 is 5.97 Å². The molecule has 6 heteroatoms. The summed E-state index contributed by atoms with van der Waals surface area (Å²) >= 11 is 0. The third kappa shape index (κ3) is 6.62. The molecule has 0 saturated carbocycles. The van der Waals surface area contributed by atoms with Crippen molar-refractivity contribution in [3.05, 3.63) is 105 Å². The van der Waals surface area contributed by atoms with Gasteiger partial charge in [-0.1, -0.05) is 62.2 Å². The van der Waals surface area contributed by atoms with E-state index >= 15 is 0 Å². The second kappa shape index (κ2) is 11.6. The Labute approximate surface area is 193 Å². The lowest BCUT2D eigenvalue weighted by Gasteiger charge is -2.24. The number of hydrogen-bond donors (Lipinski definition) is 2. The van der Waals surface area contributed by atoms with Crippen LogP contribution in [-0.4, -0.2) is 22.2 Å². The number of carboxylic acid groups (broad SMARTS) is 1. The van der Waals surface area contributed by atoms with Crippen molar-refractivity contribution in [3.63, 3.8) is 0 Å². The molecule has 0 fully saturated rings. The minimum absolute atomic E-state index is 0.0546. The SMILES string of the molecule is CCCCC(CN[C@@H](C(=O)O)c1ccc(F)cc1)n1cc(C)cc(Cc2ccccc2)c1=O. The van der Waals surface area contributed by atoms with Gasteiger partial charge in [-0.2, -0.15) is 0 Å². The molecule has 1 aromatic heterocycles. The Bertz CT molecular complexity index is 1110. The van der Waals surface area contributed by atoms with Gasteiger partial charge in [-0.05, 0) is 48.2 Å². The maximum absolute atomic E-state index is 13.4. The van der Waals surface area contributed by atoms with Crippen LogP contribution in [0.4, 0.5) is 4.39 Å². The van der Waals surface area contributed by atoms with E-state index in [0.717, 1.165) is 36.0 Å². The molecular weight excluding hydrogens is 419 g/mol. The van der Waals surface area contributed by atoms with Gasteiger partial charge in [0.2, 0.25) is 0 Å². The number of pyridine rings is 1. The minimum Gasteiger partial charge on any atom is -0.480 e. The number of aromatic nitrogens is 1. The van der Waals surface area contributed by atoms with Crippen molar-refractivity contribution in [2.45, 2.75) is 51.6 Å². The molecule has 0 amide bonds. The summed E-state index contributed by atoms with van der Waals surface area (Å²) in [5.74, 6) is -1.46. The zero-order chi connectivity index (χ0) is 23.8. The highest BCUT2D eigenvalue weighted by molar-refractivity contribution is 5.75. The first kappa shape index (κ1) is 24.4. The van der Waals surface area contributed by atoms with E-state index in [1.165, 1.54) is 24.3 Å². The van der Waals surface area contributed by atoms with E-state index < -0.39 is 17.8 Å². The van der Waals surface area contributed by atoms with Crippen LogP contribution in [0.15, 0.2) is 71.7 Å². The third-order valence-electron chi connectivity index (χ3n) is 5.78. The molecule has 0 aliphatic heterocycles. The number of hydrogen-bond acceptors (Lipinski definition) is 3. The number of benzene rings is 2. The average molecular weight is 451 g/mol. The van der Waals surface area contributed by atoms with Crippen LogP contribution in [0.3, 0.4) is 0 Å². The van der Waals surface area contributed by atoms with Crippen LogP contribution in [0.1, 0.15) is 60.5 Å². The number of aliphatic carboxylic acids is 1. The van der Waals surface area contributed by atoms with E-state index in [4.69, 9.17) is 0 Å². The predicted octanol–water partition coefficient (Wildman–Crippen LogP) is 5.03. The zero-order valence-electron chi connectivity index (χ0n) is 19.1. The molecule has 3 aromatic rings. The van der Waals surface area contributed by atoms with Crippen LogP contribution < -0.4 is 10.9 Å². The first-order valence-corrected chi connectivity index (χ1v) is 11.4. The Kier molecular flexibility index (Phi) is 8.55. The topological polar surface area (TPSA) is 71.3 Å². The standard InChI is InChI=1S/C27H31FN2O3/c1-3-4-10-24(17-29-25(27(32)33)21-11-13-23(28)14-12-21)30-18-19(2)15-22(26(30)31)16-20-8-6-5-7-9-20/h5-9,11-15,18,24-25,29H,3-4,10,16-17H2,1-2H3,(H,32,33)/t24?,25-/m1/s1. The van der Waals surface area contributed by atoms with Gasteiger partial charge in [-0.25, -0.2) is 4.39 Å². The lowest BCUT2D eigenvalue weighted by Crippen LogP contribution is -2.37. The van der Waals surface area contributed by atoms with Crippen molar-refractivity contribution in [2.24, 2.45) is 0 Å². The summed E-state index contributed by atoms with van der Waals surface area (Å²) < 4.78 is 15.0. The average Bonchev–Trinajstić information content (AvgIpc) is 2.80. The number of aryl methyl sites for hydroxylation is 1. The number of rotatable bonds is 11. The lowest BCUT2D eigenvalue weighted by molar-refractivity contribution is -0.139. The molecule has 0 radical (unpaired) electrons. The van der Waals surface area contributed by atoms with Gasteiger partial charge in [-0.15, -0.1) is 0 Å². The van der Waals surface area contributed by atoms with E-state index in [1.807, 2.05) is 49.5 Å². The Morgan fingerprint density at radius 1 is 1.12 bits per heavy atom. The number of carboxylic acids is 1. The van der Waals surface area contributed by atoms with Gasteiger partial charge in [0.1, 0.15) is 11.9 Å². The minimum atomic E-state index is -1.04. The summed E-state index contributed by atoms with van der Waals surface area (Å²) in [7, 11) is 0. The van der Waals surface area contributed by atoms with Crippen LogP contribution in [0.5, 0.6) is 0 Å². The van der Waals surface area contributed by atoms with E-state index in [0.29, 0.717) is 18.5 Å². The van der Waals surface area contributed by atoms with Crippen molar-refractivity contribution in [1.29, 1.82) is 0 Å². The fourth-order valence-corrected chi connectivity index (χ4v) is 4.07. The predicted molar refractivity (Wildman–Crippen MR) is 128 cm³/mol. The van der Waals surface area contributed by atoms with Crippen LogP contribution in [0.2, 0.25) is 0 Å². The van der Waals surface area contributed by atoms with Gasteiger partial charge >= 0.3 is 5.97 Å². The van der Waals surface area contributed by atoms with Crippen molar-refractivity contribution in [3.8, 4) is 0 Å². The Morgan fingerprint density at radius 2 is 1.82 bits per heavy atom. The second-order valence-electron chi connectivity index (χ2n) is 8.44. The van der Waals surface area contributed by atoms with E-state index in [2.05, 4.69) is 12.2 Å². The maximum atomic E-state index is 13.4. The molecule has 2 N–H and O–H groups in total. The molecule has 0 saturated heterocycles. The van der Waals surface area contributed by atoms with Crippen molar-refractivity contribution < 1.29 is 14.3 Å². The Morgan fingerprint density at radius 3 is 2.45 bits per heavy atom. The van der Waals surface area contributed by atoms with Crippen molar-refractivity contribution in [1.82, 2.24) is 9.88 Å². The van der Waals surface area contributed by atoms with E-state index in [9.17, 15) is 19.1 Å². The van der Waals surface area contributed by atoms with E-state index in [1.54, 1.807) is 4.57 Å². The van der Waals surface area contributed by atoms with Gasteiger partial charge in [0.15, 0.2) is 0 Å². The number of carbonyl (C=O) groups is 1. The summed E-state index contributed by atoms with van der Waals surface area (Å²) in [5, 5.41) is 12.8. The highest BCUT2D eigenvalue weighted by Crippen LogP contribution is 2.19. The van der Waals surface area contributed by atoms with Crippen LogP contribution in [0.25, 0.3) is 0 Å². The second-order valence-corrected chi connectivity index (χ2v) is 8.44. The maximum Gasteiger partial charge on any atom is 0.325 e. The summed E-state index contributed by atoms with van der Waals surface area (Å²) in [6, 6.07) is 16.1. The molecule has 3 rings (SSSR count). The zero-order valence-corrected chi connectivity index (χ0v) is 19.1. The number of halogens is 1. The molecule has 2 atom stereocenters. The smallest absolute Gasteiger partial charge is 0.325 e. The Balaban J connectivity index is 1.88. The molecule has 0 aliphatic carbocycles. The molecular formula is C27H31FN2O3. The highest BCUT2D eigenvalue weighted by atomic mass is 19.1. The highest BCUT2D eigenvalue weighted by Gasteiger charge is 2.22. The summed E-state index contributed by atoms with van der Waals surface area (Å²) in [6.45, 7) is 4.36. The van der Waals surface area contributed by atoms with Gasteiger partial charge in [0, 0.05) is 30.8 Å². The summed E-state index contributed by atoms with van der Waals surface area (Å²) in [4.78, 5) is 25.3. The number of nitrogens with zero attached hydrogens (tertiary/aromatic N) is 1.